The third-order valence-electron chi connectivity index (χ3n) is 6.62. The number of halogens is 1. The molecule has 0 atom stereocenters. The third kappa shape index (κ3) is 4.59. The maximum absolute atomic E-state index is 15.6. The van der Waals surface area contributed by atoms with Gasteiger partial charge in [0.15, 0.2) is 11.6 Å². The van der Waals surface area contributed by atoms with Gasteiger partial charge in [0.1, 0.15) is 17.0 Å². The Morgan fingerprint density at radius 3 is 2.89 bits per heavy atom. The number of phenolic OH excluding ortho intramolecular Hbond substituents is 1. The Bertz CT molecular complexity index is 1370. The van der Waals surface area contributed by atoms with Gasteiger partial charge in [0, 0.05) is 50.5 Å². The lowest BCUT2D eigenvalue weighted by molar-refractivity contribution is 0.176. The van der Waals surface area contributed by atoms with Crippen LogP contribution in [-0.2, 0) is 11.2 Å². The number of nitrogens with zero attached hydrogens (tertiary/aromatic N) is 3. The first kappa shape index (κ1) is 23.3. The molecule has 0 unspecified atom stereocenters. The first-order valence-electron chi connectivity index (χ1n) is 12.0. The van der Waals surface area contributed by atoms with E-state index in [1.165, 1.54) is 5.57 Å². The quantitative estimate of drug-likeness (QED) is 0.307. The highest BCUT2D eigenvalue weighted by molar-refractivity contribution is 5.95. The van der Waals surface area contributed by atoms with Gasteiger partial charge in [-0.25, -0.2) is 9.37 Å². The number of benzene rings is 2. The summed E-state index contributed by atoms with van der Waals surface area (Å²) >= 11 is 0. The molecule has 0 saturated carbocycles. The molecular formula is C27H30FN5O2. The topological polar surface area (TPSA) is 90.1 Å². The van der Waals surface area contributed by atoms with Crippen molar-refractivity contribution in [2.45, 2.75) is 26.2 Å². The molecule has 0 saturated heterocycles. The number of fused-ring (bicyclic) bond motifs is 1. The summed E-state index contributed by atoms with van der Waals surface area (Å²) in [6, 6.07) is 8.66. The fourth-order valence-corrected chi connectivity index (χ4v) is 4.80. The van der Waals surface area contributed by atoms with Crippen LogP contribution in [0.1, 0.15) is 31.0 Å². The van der Waals surface area contributed by atoms with Gasteiger partial charge in [-0.3, -0.25) is 10.00 Å². The summed E-state index contributed by atoms with van der Waals surface area (Å²) in [4.78, 5) is 10.4. The number of methoxy groups -OCH3 is 1. The van der Waals surface area contributed by atoms with Gasteiger partial charge in [-0.1, -0.05) is 25.1 Å². The summed E-state index contributed by atoms with van der Waals surface area (Å²) in [6.07, 6.45) is 6.82. The molecule has 1 aliphatic rings. The highest BCUT2D eigenvalue weighted by Gasteiger charge is 2.20. The maximum atomic E-state index is 15.6. The zero-order chi connectivity index (χ0) is 24.4. The average molecular weight is 476 g/mol. The molecule has 2 aromatic heterocycles. The summed E-state index contributed by atoms with van der Waals surface area (Å²) in [5.74, 6) is 0.417. The van der Waals surface area contributed by atoms with Crippen molar-refractivity contribution in [1.29, 1.82) is 0 Å². The van der Waals surface area contributed by atoms with Crippen LogP contribution in [0.5, 0.6) is 5.75 Å². The van der Waals surface area contributed by atoms with Gasteiger partial charge in [0.2, 0.25) is 0 Å². The second kappa shape index (κ2) is 10.0. The Balaban J connectivity index is 1.42. The summed E-state index contributed by atoms with van der Waals surface area (Å²) in [6.45, 7) is 5.63. The monoisotopic (exact) mass is 475 g/mol. The van der Waals surface area contributed by atoms with Crippen molar-refractivity contribution in [3.05, 3.63) is 59.7 Å². The SMILES string of the molecule is CCc1cc(O)ccc1-c1ccc2c(-c3nc(C4=CCCN(CCCOC)C4)c[nH]3)n[nH]c2c1F. The molecule has 0 amide bonds. The molecule has 182 valence electrons. The zero-order valence-electron chi connectivity index (χ0n) is 20.1. The molecular weight excluding hydrogens is 445 g/mol. The molecule has 1 aliphatic heterocycles. The van der Waals surface area contributed by atoms with Gasteiger partial charge < -0.3 is 14.8 Å². The number of hydrogen-bond acceptors (Lipinski definition) is 5. The van der Waals surface area contributed by atoms with Gasteiger partial charge in [-0.15, -0.1) is 0 Å². The molecule has 0 aliphatic carbocycles. The Kier molecular flexibility index (Phi) is 6.66. The highest BCUT2D eigenvalue weighted by Crippen LogP contribution is 2.35. The summed E-state index contributed by atoms with van der Waals surface area (Å²) in [5, 5.41) is 17.8. The molecule has 7 nitrogen and oxygen atoms in total. The van der Waals surface area contributed by atoms with E-state index in [2.05, 4.69) is 26.2 Å². The molecule has 4 aromatic rings. The predicted octanol–water partition coefficient (Wildman–Crippen LogP) is 5.15. The maximum Gasteiger partial charge on any atom is 0.159 e. The second-order valence-electron chi connectivity index (χ2n) is 8.89. The molecule has 8 heteroatoms. The minimum Gasteiger partial charge on any atom is -0.508 e. The lowest BCUT2D eigenvalue weighted by Crippen LogP contribution is -2.31. The fourth-order valence-electron chi connectivity index (χ4n) is 4.80. The minimum atomic E-state index is -0.366. The van der Waals surface area contributed by atoms with Crippen LogP contribution in [0.3, 0.4) is 0 Å². The highest BCUT2D eigenvalue weighted by atomic mass is 19.1. The summed E-state index contributed by atoms with van der Waals surface area (Å²) in [5.41, 5.74) is 5.13. The van der Waals surface area contributed by atoms with Crippen LogP contribution in [0, 0.1) is 5.82 Å². The third-order valence-corrected chi connectivity index (χ3v) is 6.62. The fraction of sp³-hybridized carbons (Fsp3) is 0.333. The molecule has 5 rings (SSSR count). The van der Waals surface area contributed by atoms with Crippen LogP contribution in [0.2, 0.25) is 0 Å². The van der Waals surface area contributed by atoms with Gasteiger partial charge in [-0.2, -0.15) is 5.10 Å². The number of aryl methyl sites for hydroxylation is 1. The van der Waals surface area contributed by atoms with Crippen molar-refractivity contribution in [2.75, 3.05) is 33.4 Å². The van der Waals surface area contributed by atoms with Crippen LogP contribution in [0.25, 0.3) is 39.1 Å². The second-order valence-corrected chi connectivity index (χ2v) is 8.89. The van der Waals surface area contributed by atoms with Crippen molar-refractivity contribution in [3.8, 4) is 28.4 Å². The molecule has 0 radical (unpaired) electrons. The van der Waals surface area contributed by atoms with E-state index < -0.39 is 0 Å². The number of nitrogens with one attached hydrogen (secondary N) is 2. The minimum absolute atomic E-state index is 0.177. The molecule has 0 spiro atoms. The van der Waals surface area contributed by atoms with Crippen LogP contribution in [-0.4, -0.2) is 63.5 Å². The van der Waals surface area contributed by atoms with E-state index in [0.717, 1.165) is 55.9 Å². The van der Waals surface area contributed by atoms with E-state index in [9.17, 15) is 5.11 Å². The number of ether oxygens (including phenoxy) is 1. The van der Waals surface area contributed by atoms with E-state index in [1.54, 1.807) is 31.4 Å². The number of phenols is 1. The largest absolute Gasteiger partial charge is 0.508 e. The Morgan fingerprint density at radius 2 is 2.06 bits per heavy atom. The summed E-state index contributed by atoms with van der Waals surface area (Å²) in [7, 11) is 1.73. The van der Waals surface area contributed by atoms with Crippen LogP contribution in [0.4, 0.5) is 4.39 Å². The van der Waals surface area contributed by atoms with Gasteiger partial charge >= 0.3 is 0 Å². The molecule has 2 aromatic carbocycles. The number of hydrogen-bond donors (Lipinski definition) is 3. The number of H-pyrrole nitrogens is 2. The number of rotatable bonds is 8. The number of imidazole rings is 1. The van der Waals surface area contributed by atoms with Crippen molar-refractivity contribution >= 4 is 16.5 Å². The van der Waals surface area contributed by atoms with Crippen LogP contribution < -0.4 is 0 Å². The van der Waals surface area contributed by atoms with Crippen LogP contribution >= 0.6 is 0 Å². The van der Waals surface area contributed by atoms with Crippen molar-refractivity contribution in [3.63, 3.8) is 0 Å². The summed E-state index contributed by atoms with van der Waals surface area (Å²) < 4.78 is 20.8. The van der Waals surface area contributed by atoms with Crippen molar-refractivity contribution < 1.29 is 14.2 Å². The molecule has 0 bridgehead atoms. The molecule has 3 heterocycles. The van der Waals surface area contributed by atoms with Gasteiger partial charge in [0.25, 0.3) is 0 Å². The number of aromatic amines is 2. The van der Waals surface area contributed by atoms with Crippen molar-refractivity contribution in [2.24, 2.45) is 0 Å². The zero-order valence-corrected chi connectivity index (χ0v) is 20.1. The smallest absolute Gasteiger partial charge is 0.159 e. The van der Waals surface area contributed by atoms with Crippen LogP contribution in [0.15, 0.2) is 42.6 Å². The number of aromatic nitrogens is 4. The van der Waals surface area contributed by atoms with E-state index in [0.29, 0.717) is 34.4 Å². The first-order valence-corrected chi connectivity index (χ1v) is 12.0. The molecule has 0 fully saturated rings. The average Bonchev–Trinajstić information content (AvgIpc) is 3.53. The normalized spacial score (nSPS) is 14.5. The standard InChI is InChI=1S/C27H30FN5O2/c1-3-17-14-19(34)7-8-20(17)21-9-10-22-25(24(21)28)31-32-26(22)27-29-15-23(30-27)18-6-4-11-33(16-18)12-5-13-35-2/h6-10,14-15,34H,3-5,11-13,16H2,1-2H3,(H,29,30)(H,31,32). The predicted molar refractivity (Wildman–Crippen MR) is 136 cm³/mol. The van der Waals surface area contributed by atoms with E-state index >= 15 is 4.39 Å². The lowest BCUT2D eigenvalue weighted by atomic mass is 9.96. The lowest BCUT2D eigenvalue weighted by Gasteiger charge is -2.26. The Labute approximate surface area is 203 Å². The van der Waals surface area contributed by atoms with E-state index in [4.69, 9.17) is 9.72 Å². The Morgan fingerprint density at radius 1 is 1.20 bits per heavy atom. The van der Waals surface area contributed by atoms with Gasteiger partial charge in [0.05, 0.1) is 5.69 Å². The van der Waals surface area contributed by atoms with E-state index in [-0.39, 0.29) is 11.6 Å². The van der Waals surface area contributed by atoms with Crippen molar-refractivity contribution in [1.82, 2.24) is 25.1 Å². The number of aromatic hydroxyl groups is 1. The first-order chi connectivity index (χ1) is 17.1. The van der Waals surface area contributed by atoms with E-state index in [1.807, 2.05) is 19.2 Å². The Hall–Kier alpha value is -3.49. The molecule has 3 N–H and O–H groups in total. The molecule has 35 heavy (non-hydrogen) atoms. The van der Waals surface area contributed by atoms with Gasteiger partial charge in [-0.05, 0) is 54.2 Å².